The van der Waals surface area contributed by atoms with Gasteiger partial charge in [-0.05, 0) is 68.6 Å². The van der Waals surface area contributed by atoms with Crippen LogP contribution in [0.3, 0.4) is 0 Å². The minimum absolute atomic E-state index is 0.170. The lowest BCUT2D eigenvalue weighted by atomic mass is 10.1. The zero-order valence-corrected chi connectivity index (χ0v) is 33.6. The van der Waals surface area contributed by atoms with E-state index >= 15 is 0 Å². The number of hydrogen-bond donors (Lipinski definition) is 0. The maximum absolute atomic E-state index is 10.3. The van der Waals surface area contributed by atoms with E-state index in [4.69, 9.17) is 0 Å². The van der Waals surface area contributed by atoms with Crippen molar-refractivity contribution in [1.29, 1.82) is 0 Å². The molecule has 0 saturated heterocycles. The van der Waals surface area contributed by atoms with Crippen molar-refractivity contribution in [2.45, 2.75) is 158 Å². The zero-order valence-electron chi connectivity index (χ0n) is 31.8. The fraction of sp³-hybridized carbons (Fsp3) is 0.800. The molecule has 0 aliphatic heterocycles. The minimum atomic E-state index is -1.40. The van der Waals surface area contributed by atoms with Crippen LogP contribution in [0.5, 0.6) is 0 Å². The van der Waals surface area contributed by atoms with Crippen molar-refractivity contribution in [1.82, 2.24) is 0 Å². The molecule has 0 N–H and O–H groups in total. The van der Waals surface area contributed by atoms with Crippen LogP contribution in [0.2, 0.25) is 0 Å². The van der Waals surface area contributed by atoms with Gasteiger partial charge in [0.15, 0.2) is 0 Å². The van der Waals surface area contributed by atoms with Gasteiger partial charge in [-0.2, -0.15) is 0 Å². The number of carboxylic acid groups (broad SMARTS) is 2. The van der Waals surface area contributed by atoms with E-state index in [0.29, 0.717) is 0 Å². The Kier molecular flexibility index (Phi) is 32.1. The third kappa shape index (κ3) is 23.4. The van der Waals surface area contributed by atoms with Crippen molar-refractivity contribution in [3.8, 4) is 0 Å². The van der Waals surface area contributed by atoms with Crippen molar-refractivity contribution < 1.29 is 19.8 Å². The molecule has 0 atom stereocenters. The molecule has 0 heterocycles. The summed E-state index contributed by atoms with van der Waals surface area (Å²) >= 11 is 0. The Morgan fingerprint density at radius 3 is 0.783 bits per heavy atom. The van der Waals surface area contributed by atoms with Gasteiger partial charge in [-0.1, -0.05) is 125 Å². The molecular weight excluding hydrogens is 606 g/mol. The molecule has 0 saturated carbocycles. The van der Waals surface area contributed by atoms with Crippen LogP contribution in [0.15, 0.2) is 24.3 Å². The molecular formula is C40H76O4P2. The van der Waals surface area contributed by atoms with Crippen LogP contribution >= 0.6 is 14.5 Å². The van der Waals surface area contributed by atoms with E-state index in [9.17, 15) is 19.8 Å². The van der Waals surface area contributed by atoms with E-state index in [2.05, 4.69) is 55.4 Å². The molecule has 1 aromatic rings. The number of rotatable bonds is 26. The number of aromatic carboxylic acids is 2. The van der Waals surface area contributed by atoms with Gasteiger partial charge >= 0.3 is 0 Å². The summed E-state index contributed by atoms with van der Waals surface area (Å²) in [5.74, 6) is -2.81. The predicted molar refractivity (Wildman–Crippen MR) is 207 cm³/mol. The van der Waals surface area contributed by atoms with Crippen molar-refractivity contribution >= 4 is 26.5 Å². The molecule has 0 amide bonds. The lowest BCUT2D eigenvalue weighted by molar-refractivity contribution is -0.255. The molecule has 0 unspecified atom stereocenters. The zero-order chi connectivity index (χ0) is 35.1. The molecule has 0 radical (unpaired) electrons. The first-order valence-corrected chi connectivity index (χ1v) is 24.4. The van der Waals surface area contributed by atoms with E-state index in [1.54, 1.807) is 49.3 Å². The number of unbranched alkanes of at least 4 members (excludes halogenated alkanes) is 8. The quantitative estimate of drug-likeness (QED) is 0.0911. The van der Waals surface area contributed by atoms with Gasteiger partial charge < -0.3 is 19.8 Å². The van der Waals surface area contributed by atoms with Crippen molar-refractivity contribution in [3.63, 3.8) is 0 Å². The first-order valence-electron chi connectivity index (χ1n) is 19.3. The maximum Gasteiger partial charge on any atom is 0.0715 e. The van der Waals surface area contributed by atoms with Gasteiger partial charge in [0.05, 0.1) is 61.2 Å². The fourth-order valence-corrected chi connectivity index (χ4v) is 16.6. The van der Waals surface area contributed by atoms with Gasteiger partial charge in [-0.15, -0.1) is 0 Å². The van der Waals surface area contributed by atoms with Gasteiger partial charge in [-0.25, -0.2) is 0 Å². The van der Waals surface area contributed by atoms with E-state index in [-0.39, 0.29) is 11.1 Å². The normalized spacial score (nSPS) is 11.3. The third-order valence-electron chi connectivity index (χ3n) is 9.22. The summed E-state index contributed by atoms with van der Waals surface area (Å²) in [6.07, 6.45) is 35.9. The first kappa shape index (κ1) is 47.1. The van der Waals surface area contributed by atoms with Gasteiger partial charge in [0.1, 0.15) is 0 Å². The maximum atomic E-state index is 10.3. The molecule has 270 valence electrons. The largest absolute Gasteiger partial charge is 0.545 e. The van der Waals surface area contributed by atoms with Crippen LogP contribution in [-0.2, 0) is 0 Å². The predicted octanol–water partition coefficient (Wildman–Crippen LogP) is 10.8. The minimum Gasteiger partial charge on any atom is -0.545 e. The summed E-state index contributed by atoms with van der Waals surface area (Å²) < 4.78 is 0. The lowest BCUT2D eigenvalue weighted by Gasteiger charge is -2.28. The van der Waals surface area contributed by atoms with Gasteiger partial charge in [-0.3, -0.25) is 0 Å². The van der Waals surface area contributed by atoms with E-state index in [1.807, 2.05) is 0 Å². The van der Waals surface area contributed by atoms with E-state index < -0.39 is 26.5 Å². The summed E-state index contributed by atoms with van der Waals surface area (Å²) in [7, 11) is -1.12. The molecule has 4 nitrogen and oxygen atoms in total. The summed E-state index contributed by atoms with van der Waals surface area (Å²) in [5.41, 5.74) is -0.339. The van der Waals surface area contributed by atoms with Crippen LogP contribution < -0.4 is 10.2 Å². The second-order valence-corrected chi connectivity index (χ2v) is 22.4. The Balaban J connectivity index is 0. The number of carbonyl (C=O) groups excluding carboxylic acids is 2. The molecule has 46 heavy (non-hydrogen) atoms. The molecule has 0 aliphatic rings. The summed E-state index contributed by atoms with van der Waals surface area (Å²) in [4.78, 5) is 20.5. The van der Waals surface area contributed by atoms with Crippen LogP contribution in [0, 0.1) is 0 Å². The highest BCUT2D eigenvalue weighted by Crippen LogP contribution is 2.62. The SMILES string of the molecule is CCCC[P+](CCCC)(CCCC)CCCC.CCCC[P+](CCCC)(CCCC)CCCC.O=C([O-])c1cccc(C(=O)[O-])c1. The second-order valence-electron chi connectivity index (χ2n) is 13.5. The summed E-state index contributed by atoms with van der Waals surface area (Å²) in [6.45, 7) is 18.8. The molecule has 0 bridgehead atoms. The molecule has 0 aliphatic carbocycles. The molecule has 6 heteroatoms. The molecule has 1 aromatic carbocycles. The average Bonchev–Trinajstić information content (AvgIpc) is 3.07. The Bertz CT molecular complexity index is 717. The van der Waals surface area contributed by atoms with Gasteiger partial charge in [0.2, 0.25) is 0 Å². The summed E-state index contributed by atoms with van der Waals surface area (Å²) in [5, 5.41) is 20.5. The number of hydrogen-bond acceptors (Lipinski definition) is 4. The summed E-state index contributed by atoms with van der Waals surface area (Å²) in [6, 6.07) is 4.81. The molecule has 0 fully saturated rings. The van der Waals surface area contributed by atoms with Crippen LogP contribution in [0.25, 0.3) is 0 Å². The highest BCUT2D eigenvalue weighted by atomic mass is 31.2. The van der Waals surface area contributed by atoms with Gasteiger partial charge in [0.25, 0.3) is 0 Å². The lowest BCUT2D eigenvalue weighted by Crippen LogP contribution is -2.25. The Hall–Kier alpha value is -0.980. The van der Waals surface area contributed by atoms with Crippen molar-refractivity contribution in [3.05, 3.63) is 35.4 Å². The Morgan fingerprint density at radius 2 is 0.630 bits per heavy atom. The van der Waals surface area contributed by atoms with Crippen molar-refractivity contribution in [2.24, 2.45) is 0 Å². The van der Waals surface area contributed by atoms with Gasteiger partial charge in [0, 0.05) is 14.5 Å². The topological polar surface area (TPSA) is 80.3 Å². The average molecular weight is 683 g/mol. The van der Waals surface area contributed by atoms with Crippen LogP contribution in [0.1, 0.15) is 179 Å². The van der Waals surface area contributed by atoms with Crippen molar-refractivity contribution in [2.75, 3.05) is 49.3 Å². The molecule has 0 aromatic heterocycles. The van der Waals surface area contributed by atoms with E-state index in [0.717, 1.165) is 6.07 Å². The van der Waals surface area contributed by atoms with E-state index in [1.165, 1.54) is 121 Å². The second kappa shape index (κ2) is 31.3. The number of benzene rings is 1. The monoisotopic (exact) mass is 683 g/mol. The number of carboxylic acids is 2. The van der Waals surface area contributed by atoms with Crippen LogP contribution in [0.4, 0.5) is 0 Å². The molecule has 0 spiro atoms. The molecule has 1 rings (SSSR count). The first-order chi connectivity index (χ1) is 22.1. The highest BCUT2D eigenvalue weighted by molar-refractivity contribution is 7.76. The fourth-order valence-electron chi connectivity index (χ4n) is 6.06. The standard InChI is InChI=1S/2C16H36P.C8H6O4/c2*1-5-9-13-17(14-10-6-2,15-11-7-3)16-12-8-4;9-7(10)5-2-1-3-6(4-5)8(11)12/h2*5-16H2,1-4H3;1-4H,(H,9,10)(H,11,12)/q2*+1;/p-2. The van der Waals surface area contributed by atoms with Crippen LogP contribution in [-0.4, -0.2) is 61.2 Å². The smallest absolute Gasteiger partial charge is 0.0715 e. The Labute approximate surface area is 288 Å². The highest BCUT2D eigenvalue weighted by Gasteiger charge is 2.35. The number of carbonyl (C=O) groups is 2. The third-order valence-corrected chi connectivity index (χ3v) is 19.3. The Morgan fingerprint density at radius 1 is 0.435 bits per heavy atom.